The van der Waals surface area contributed by atoms with Crippen molar-refractivity contribution in [2.45, 2.75) is 40.0 Å². The van der Waals surface area contributed by atoms with E-state index < -0.39 is 0 Å². The minimum absolute atomic E-state index is 0.358. The standard InChI is InChI=1S/C13H22N2S2/c1-6-14(7-2)13(16)17-12(5)15-9-8-10(3)11(15)4/h8-9,12H,6-7H2,1-5H3/t12-/m1/s1. The maximum absolute atomic E-state index is 5.48. The fourth-order valence-corrected chi connectivity index (χ4v) is 3.50. The normalized spacial score (nSPS) is 12.5. The van der Waals surface area contributed by atoms with Gasteiger partial charge in [0, 0.05) is 25.0 Å². The Kier molecular flexibility index (Phi) is 5.53. The van der Waals surface area contributed by atoms with Gasteiger partial charge in [0.15, 0.2) is 0 Å². The molecule has 1 rings (SSSR count). The molecule has 1 atom stereocenters. The summed E-state index contributed by atoms with van der Waals surface area (Å²) in [7, 11) is 0. The van der Waals surface area contributed by atoms with Gasteiger partial charge in [0.1, 0.15) is 4.32 Å². The van der Waals surface area contributed by atoms with Crippen LogP contribution in [-0.2, 0) is 0 Å². The molecule has 1 aromatic heterocycles. The van der Waals surface area contributed by atoms with E-state index in [2.05, 4.69) is 56.3 Å². The van der Waals surface area contributed by atoms with Gasteiger partial charge in [0.25, 0.3) is 0 Å². The van der Waals surface area contributed by atoms with Gasteiger partial charge >= 0.3 is 0 Å². The van der Waals surface area contributed by atoms with Crippen molar-refractivity contribution >= 4 is 28.3 Å². The fourth-order valence-electron chi connectivity index (χ4n) is 1.78. The zero-order valence-electron chi connectivity index (χ0n) is 11.4. The second-order valence-corrected chi connectivity index (χ2v) is 6.10. The van der Waals surface area contributed by atoms with E-state index in [0.717, 1.165) is 17.4 Å². The van der Waals surface area contributed by atoms with Gasteiger partial charge in [-0.05, 0) is 46.2 Å². The molecule has 0 fully saturated rings. The smallest absolute Gasteiger partial charge is 0.138 e. The van der Waals surface area contributed by atoms with Gasteiger partial charge in [-0.2, -0.15) is 0 Å². The maximum Gasteiger partial charge on any atom is 0.138 e. The number of aromatic nitrogens is 1. The molecule has 0 aliphatic heterocycles. The third-order valence-corrected chi connectivity index (χ3v) is 4.70. The van der Waals surface area contributed by atoms with Crippen molar-refractivity contribution in [3.8, 4) is 0 Å². The Hall–Kier alpha value is -0.480. The third-order valence-electron chi connectivity index (χ3n) is 3.13. The lowest BCUT2D eigenvalue weighted by molar-refractivity contribution is 0.481. The summed E-state index contributed by atoms with van der Waals surface area (Å²) in [5, 5.41) is 0.358. The molecule has 0 saturated heterocycles. The van der Waals surface area contributed by atoms with E-state index >= 15 is 0 Å². The van der Waals surface area contributed by atoms with Gasteiger partial charge in [-0.15, -0.1) is 0 Å². The summed E-state index contributed by atoms with van der Waals surface area (Å²) in [5.41, 5.74) is 2.67. The predicted octanol–water partition coefficient (Wildman–Crippen LogP) is 3.98. The Morgan fingerprint density at radius 2 is 2.00 bits per heavy atom. The van der Waals surface area contributed by atoms with E-state index in [4.69, 9.17) is 12.2 Å². The van der Waals surface area contributed by atoms with Crippen molar-refractivity contribution < 1.29 is 0 Å². The maximum atomic E-state index is 5.48. The second-order valence-electron chi connectivity index (χ2n) is 4.15. The molecule has 0 aromatic carbocycles. The highest BCUT2D eigenvalue weighted by atomic mass is 32.2. The lowest BCUT2D eigenvalue weighted by Crippen LogP contribution is -2.27. The summed E-state index contributed by atoms with van der Waals surface area (Å²) >= 11 is 7.23. The van der Waals surface area contributed by atoms with Crippen molar-refractivity contribution in [1.82, 2.24) is 9.47 Å². The van der Waals surface area contributed by atoms with Crippen LogP contribution in [0.2, 0.25) is 0 Å². The van der Waals surface area contributed by atoms with Crippen LogP contribution >= 0.6 is 24.0 Å². The quantitative estimate of drug-likeness (QED) is 0.765. The van der Waals surface area contributed by atoms with Crippen molar-refractivity contribution in [1.29, 1.82) is 0 Å². The molecule has 4 heteroatoms. The summed E-state index contributed by atoms with van der Waals surface area (Å²) in [6.45, 7) is 12.8. The van der Waals surface area contributed by atoms with E-state index in [9.17, 15) is 0 Å². The minimum Gasteiger partial charge on any atom is -0.358 e. The monoisotopic (exact) mass is 270 g/mol. The molecule has 2 nitrogen and oxygen atoms in total. The van der Waals surface area contributed by atoms with Crippen LogP contribution in [0, 0.1) is 13.8 Å². The average molecular weight is 270 g/mol. The van der Waals surface area contributed by atoms with Gasteiger partial charge in [0.2, 0.25) is 0 Å². The van der Waals surface area contributed by atoms with E-state index in [0.29, 0.717) is 5.37 Å². The number of aryl methyl sites for hydroxylation is 1. The largest absolute Gasteiger partial charge is 0.358 e. The summed E-state index contributed by atoms with van der Waals surface area (Å²) in [6.07, 6.45) is 2.15. The highest BCUT2D eigenvalue weighted by Crippen LogP contribution is 2.27. The van der Waals surface area contributed by atoms with Gasteiger partial charge in [-0.3, -0.25) is 0 Å². The van der Waals surface area contributed by atoms with Gasteiger partial charge < -0.3 is 9.47 Å². The molecule has 0 radical (unpaired) electrons. The van der Waals surface area contributed by atoms with E-state index in [1.54, 1.807) is 11.8 Å². The second kappa shape index (κ2) is 6.45. The summed E-state index contributed by atoms with van der Waals surface area (Å²) < 4.78 is 3.28. The molecule has 0 saturated carbocycles. The number of nitrogens with zero attached hydrogens (tertiary/aromatic N) is 2. The van der Waals surface area contributed by atoms with Crippen molar-refractivity contribution in [2.75, 3.05) is 13.1 Å². The van der Waals surface area contributed by atoms with Crippen LogP contribution in [0.25, 0.3) is 0 Å². The first-order valence-corrected chi connectivity index (χ1v) is 7.39. The molecule has 17 heavy (non-hydrogen) atoms. The Morgan fingerprint density at radius 1 is 1.41 bits per heavy atom. The lowest BCUT2D eigenvalue weighted by Gasteiger charge is -2.24. The zero-order valence-corrected chi connectivity index (χ0v) is 13.0. The van der Waals surface area contributed by atoms with E-state index in [-0.39, 0.29) is 0 Å². The molecule has 1 heterocycles. The van der Waals surface area contributed by atoms with E-state index in [1.165, 1.54) is 11.3 Å². The molecule has 0 amide bonds. The zero-order chi connectivity index (χ0) is 13.0. The van der Waals surface area contributed by atoms with Crippen LogP contribution in [0.3, 0.4) is 0 Å². The highest BCUT2D eigenvalue weighted by molar-refractivity contribution is 8.22. The minimum atomic E-state index is 0.358. The first-order chi connectivity index (χ1) is 8.01. The van der Waals surface area contributed by atoms with Crippen molar-refractivity contribution in [2.24, 2.45) is 0 Å². The molecular formula is C13H22N2S2. The summed E-state index contributed by atoms with van der Waals surface area (Å²) in [6, 6.07) is 2.16. The first-order valence-electron chi connectivity index (χ1n) is 6.10. The molecule has 96 valence electrons. The number of thioether (sulfide) groups is 1. The van der Waals surface area contributed by atoms with Crippen LogP contribution in [0.1, 0.15) is 37.4 Å². The highest BCUT2D eigenvalue weighted by Gasteiger charge is 2.14. The molecule has 0 aliphatic rings. The van der Waals surface area contributed by atoms with Gasteiger partial charge in [-0.25, -0.2) is 0 Å². The Labute approximate surface area is 114 Å². The first kappa shape index (κ1) is 14.6. The van der Waals surface area contributed by atoms with Gasteiger partial charge in [0.05, 0.1) is 5.37 Å². The molecule has 0 unspecified atom stereocenters. The van der Waals surface area contributed by atoms with Crippen LogP contribution in [0.15, 0.2) is 12.3 Å². The molecule has 0 bridgehead atoms. The molecule has 0 spiro atoms. The van der Waals surface area contributed by atoms with Crippen molar-refractivity contribution in [3.05, 3.63) is 23.5 Å². The number of hydrogen-bond donors (Lipinski definition) is 0. The lowest BCUT2D eigenvalue weighted by atomic mass is 10.3. The fraction of sp³-hybridized carbons (Fsp3) is 0.615. The van der Waals surface area contributed by atoms with Crippen LogP contribution in [-0.4, -0.2) is 26.9 Å². The Bertz CT molecular complexity index is 381. The van der Waals surface area contributed by atoms with Crippen LogP contribution in [0.4, 0.5) is 0 Å². The number of thiocarbonyl (C=S) groups is 1. The molecule has 1 aromatic rings. The molecule has 0 N–H and O–H groups in total. The molecule has 0 aliphatic carbocycles. The molecular weight excluding hydrogens is 248 g/mol. The Balaban J connectivity index is 2.69. The summed E-state index contributed by atoms with van der Waals surface area (Å²) in [4.78, 5) is 2.22. The third kappa shape index (κ3) is 3.49. The average Bonchev–Trinajstić information content (AvgIpc) is 2.61. The van der Waals surface area contributed by atoms with Crippen LogP contribution in [0.5, 0.6) is 0 Å². The van der Waals surface area contributed by atoms with Gasteiger partial charge in [-0.1, -0.05) is 24.0 Å². The van der Waals surface area contributed by atoms with Crippen LogP contribution < -0.4 is 0 Å². The summed E-state index contributed by atoms with van der Waals surface area (Å²) in [5.74, 6) is 0. The van der Waals surface area contributed by atoms with E-state index in [1.807, 2.05) is 0 Å². The van der Waals surface area contributed by atoms with Crippen molar-refractivity contribution in [3.63, 3.8) is 0 Å². The number of hydrogen-bond acceptors (Lipinski definition) is 2. The topological polar surface area (TPSA) is 8.17 Å². The SMILES string of the molecule is CCN(CC)C(=S)S[C@H](C)n1ccc(C)c1C. The predicted molar refractivity (Wildman–Crippen MR) is 81.7 cm³/mol. The Morgan fingerprint density at radius 3 is 2.41 bits per heavy atom. The number of rotatable bonds is 4.